The van der Waals surface area contributed by atoms with Crippen molar-refractivity contribution >= 4 is 49.2 Å². The standard InChI is InChI=1S/C26H20N4O5S2/c31-24(29-25-27-21(15-36-25)18-9-12-20-23(14-18)35-26(32)28-20)17-7-10-19(11-8-17)37(33,34)30-13-3-5-16-4-1-2-6-22(16)30/h1-2,4,6-12,14-15H,3,5,13H2,(H,28,32)(H,27,29,31). The molecule has 9 nitrogen and oxygen atoms in total. The summed E-state index contributed by atoms with van der Waals surface area (Å²) in [6.45, 7) is 0.414. The zero-order chi connectivity index (χ0) is 25.6. The zero-order valence-corrected chi connectivity index (χ0v) is 20.9. The molecule has 0 unspecified atom stereocenters. The van der Waals surface area contributed by atoms with Gasteiger partial charge in [0.15, 0.2) is 10.7 Å². The minimum Gasteiger partial charge on any atom is -0.408 e. The van der Waals surface area contributed by atoms with Gasteiger partial charge in [0.2, 0.25) is 0 Å². The Morgan fingerprint density at radius 2 is 1.89 bits per heavy atom. The molecule has 1 aliphatic rings. The first-order valence-electron chi connectivity index (χ1n) is 11.5. The van der Waals surface area contributed by atoms with Crippen molar-refractivity contribution in [1.29, 1.82) is 0 Å². The van der Waals surface area contributed by atoms with Crippen LogP contribution in [-0.2, 0) is 16.4 Å². The molecule has 0 atom stereocenters. The second-order valence-electron chi connectivity index (χ2n) is 8.55. The number of rotatable bonds is 5. The lowest BCUT2D eigenvalue weighted by molar-refractivity contribution is 0.102. The van der Waals surface area contributed by atoms with Crippen molar-refractivity contribution in [3.8, 4) is 11.3 Å². The van der Waals surface area contributed by atoms with Crippen LogP contribution in [0, 0.1) is 0 Å². The topological polar surface area (TPSA) is 125 Å². The summed E-state index contributed by atoms with van der Waals surface area (Å²) in [5, 5.41) is 4.92. The summed E-state index contributed by atoms with van der Waals surface area (Å²) in [5.74, 6) is -0.932. The second kappa shape index (κ2) is 9.02. The van der Waals surface area contributed by atoms with Crippen LogP contribution in [0.5, 0.6) is 0 Å². The molecule has 6 rings (SSSR count). The van der Waals surface area contributed by atoms with Crippen LogP contribution in [0.2, 0.25) is 0 Å². The van der Waals surface area contributed by atoms with E-state index in [-0.39, 0.29) is 4.90 Å². The number of H-pyrrole nitrogens is 1. The number of amides is 1. The molecule has 11 heteroatoms. The van der Waals surface area contributed by atoms with Gasteiger partial charge in [-0.05, 0) is 60.9 Å². The van der Waals surface area contributed by atoms with Gasteiger partial charge < -0.3 is 4.42 Å². The number of aromatic nitrogens is 2. The molecular weight excluding hydrogens is 512 g/mol. The van der Waals surface area contributed by atoms with E-state index in [1.807, 2.05) is 24.3 Å². The molecule has 0 saturated carbocycles. The van der Waals surface area contributed by atoms with E-state index in [4.69, 9.17) is 4.42 Å². The number of hydrogen-bond acceptors (Lipinski definition) is 7. The van der Waals surface area contributed by atoms with Crippen molar-refractivity contribution in [2.75, 3.05) is 16.2 Å². The molecular formula is C26H20N4O5S2. The number of carbonyl (C=O) groups is 1. The average Bonchev–Trinajstić information content (AvgIpc) is 3.53. The van der Waals surface area contributed by atoms with E-state index in [0.717, 1.165) is 24.0 Å². The highest BCUT2D eigenvalue weighted by molar-refractivity contribution is 7.92. The molecule has 0 bridgehead atoms. The predicted octanol–water partition coefficient (Wildman–Crippen LogP) is 4.64. The van der Waals surface area contributed by atoms with Gasteiger partial charge in [-0.2, -0.15) is 0 Å². The fraction of sp³-hybridized carbons (Fsp3) is 0.115. The first kappa shape index (κ1) is 23.2. The van der Waals surface area contributed by atoms with Crippen molar-refractivity contribution in [3.63, 3.8) is 0 Å². The van der Waals surface area contributed by atoms with Gasteiger partial charge in [0, 0.05) is 23.1 Å². The van der Waals surface area contributed by atoms with Crippen molar-refractivity contribution in [2.45, 2.75) is 17.7 Å². The Labute approximate surface area is 215 Å². The van der Waals surface area contributed by atoms with E-state index in [2.05, 4.69) is 15.3 Å². The third kappa shape index (κ3) is 4.32. The number of sulfonamides is 1. The van der Waals surface area contributed by atoms with E-state index in [0.29, 0.717) is 39.7 Å². The van der Waals surface area contributed by atoms with Crippen molar-refractivity contribution in [3.05, 3.63) is 93.8 Å². The summed E-state index contributed by atoms with van der Waals surface area (Å²) >= 11 is 1.25. The number of para-hydroxylation sites is 1. The number of hydrogen-bond donors (Lipinski definition) is 2. The first-order chi connectivity index (χ1) is 17.9. The zero-order valence-electron chi connectivity index (χ0n) is 19.3. The minimum atomic E-state index is -3.76. The highest BCUT2D eigenvalue weighted by Gasteiger charge is 2.29. The lowest BCUT2D eigenvalue weighted by Gasteiger charge is -2.30. The Morgan fingerprint density at radius 1 is 1.08 bits per heavy atom. The summed E-state index contributed by atoms with van der Waals surface area (Å²) in [4.78, 5) is 31.4. The van der Waals surface area contributed by atoms with Crippen LogP contribution in [0.25, 0.3) is 22.4 Å². The van der Waals surface area contributed by atoms with Gasteiger partial charge in [0.1, 0.15) is 0 Å². The Kier molecular flexibility index (Phi) is 5.65. The molecule has 186 valence electrons. The Hall–Kier alpha value is -4.22. The maximum atomic E-state index is 13.3. The van der Waals surface area contributed by atoms with Crippen LogP contribution in [0.1, 0.15) is 22.3 Å². The molecule has 0 aliphatic carbocycles. The number of carbonyl (C=O) groups excluding carboxylic acids is 1. The van der Waals surface area contributed by atoms with Crippen LogP contribution >= 0.6 is 11.3 Å². The first-order valence-corrected chi connectivity index (χ1v) is 13.8. The number of thiazole rings is 1. The van der Waals surface area contributed by atoms with Gasteiger partial charge >= 0.3 is 5.76 Å². The van der Waals surface area contributed by atoms with E-state index in [1.165, 1.54) is 39.9 Å². The Bertz CT molecular complexity index is 1800. The number of aryl methyl sites for hydroxylation is 1. The third-order valence-corrected chi connectivity index (χ3v) is 8.80. The van der Waals surface area contributed by atoms with E-state index in [9.17, 15) is 18.0 Å². The highest BCUT2D eigenvalue weighted by atomic mass is 32.2. The number of oxazole rings is 1. The van der Waals surface area contributed by atoms with Crippen LogP contribution in [0.3, 0.4) is 0 Å². The highest BCUT2D eigenvalue weighted by Crippen LogP contribution is 2.32. The Balaban J connectivity index is 1.19. The molecule has 37 heavy (non-hydrogen) atoms. The number of nitrogens with zero attached hydrogens (tertiary/aromatic N) is 2. The lowest BCUT2D eigenvalue weighted by Crippen LogP contribution is -2.35. The molecule has 0 spiro atoms. The normalized spacial score (nSPS) is 13.5. The third-order valence-electron chi connectivity index (χ3n) is 6.21. The molecule has 0 saturated heterocycles. The number of nitrogens with one attached hydrogen (secondary N) is 2. The Morgan fingerprint density at radius 3 is 2.73 bits per heavy atom. The fourth-order valence-electron chi connectivity index (χ4n) is 4.39. The van der Waals surface area contributed by atoms with Gasteiger partial charge in [0.05, 0.1) is 21.8 Å². The summed E-state index contributed by atoms with van der Waals surface area (Å²) in [5.41, 5.74) is 4.39. The monoisotopic (exact) mass is 532 g/mol. The van der Waals surface area contributed by atoms with E-state index in [1.54, 1.807) is 23.6 Å². The molecule has 1 aliphatic heterocycles. The van der Waals surface area contributed by atoms with Gasteiger partial charge in [-0.3, -0.25) is 19.4 Å². The van der Waals surface area contributed by atoms with Gasteiger partial charge in [0.25, 0.3) is 15.9 Å². The van der Waals surface area contributed by atoms with E-state index >= 15 is 0 Å². The SMILES string of the molecule is O=C(Nc1nc(-c2ccc3[nH]c(=O)oc3c2)cs1)c1ccc(S(=O)(=O)N2CCCc3ccccc32)cc1. The molecule has 0 fully saturated rings. The molecule has 3 aromatic carbocycles. The van der Waals surface area contributed by atoms with Crippen molar-refractivity contribution in [2.24, 2.45) is 0 Å². The number of aromatic amines is 1. The molecule has 1 amide bonds. The fourth-order valence-corrected chi connectivity index (χ4v) is 6.65. The lowest BCUT2D eigenvalue weighted by atomic mass is 10.0. The smallest absolute Gasteiger partial charge is 0.408 e. The van der Waals surface area contributed by atoms with Crippen molar-refractivity contribution < 1.29 is 17.6 Å². The van der Waals surface area contributed by atoms with Crippen LogP contribution in [0.4, 0.5) is 10.8 Å². The number of benzene rings is 3. The number of fused-ring (bicyclic) bond motifs is 2. The van der Waals surface area contributed by atoms with Gasteiger partial charge in [-0.1, -0.05) is 24.3 Å². The van der Waals surface area contributed by atoms with Crippen LogP contribution in [-0.4, -0.2) is 30.8 Å². The summed E-state index contributed by atoms with van der Waals surface area (Å²) in [7, 11) is -3.76. The predicted molar refractivity (Wildman–Crippen MR) is 142 cm³/mol. The average molecular weight is 533 g/mol. The van der Waals surface area contributed by atoms with Gasteiger partial charge in [-0.15, -0.1) is 11.3 Å². The summed E-state index contributed by atoms with van der Waals surface area (Å²) < 4.78 is 33.2. The molecule has 0 radical (unpaired) electrons. The molecule has 2 N–H and O–H groups in total. The molecule has 3 heterocycles. The maximum Gasteiger partial charge on any atom is 0.417 e. The molecule has 5 aromatic rings. The maximum absolute atomic E-state index is 13.3. The summed E-state index contributed by atoms with van der Waals surface area (Å²) in [6, 6.07) is 18.6. The largest absolute Gasteiger partial charge is 0.417 e. The van der Waals surface area contributed by atoms with Crippen LogP contribution < -0.4 is 15.4 Å². The summed E-state index contributed by atoms with van der Waals surface area (Å²) in [6.07, 6.45) is 1.59. The minimum absolute atomic E-state index is 0.129. The second-order valence-corrected chi connectivity index (χ2v) is 11.3. The molecule has 2 aromatic heterocycles. The van der Waals surface area contributed by atoms with E-state index < -0.39 is 21.7 Å². The van der Waals surface area contributed by atoms with Crippen LogP contribution in [0.15, 0.2) is 86.2 Å². The van der Waals surface area contributed by atoms with Gasteiger partial charge in [-0.25, -0.2) is 18.2 Å². The number of anilines is 2. The van der Waals surface area contributed by atoms with Crippen molar-refractivity contribution in [1.82, 2.24) is 9.97 Å². The quantitative estimate of drug-likeness (QED) is 0.340.